The number of hydrogen-bond donors (Lipinski definition) is 3. The normalized spacial score (nSPS) is 10.7. The quantitative estimate of drug-likeness (QED) is 0.631. The number of imidazole rings is 1. The second kappa shape index (κ2) is 5.19. The van der Waals surface area contributed by atoms with Crippen molar-refractivity contribution >= 4 is 46.9 Å². The van der Waals surface area contributed by atoms with E-state index in [0.717, 1.165) is 11.0 Å². The van der Waals surface area contributed by atoms with E-state index in [1.54, 1.807) is 36.4 Å². The molecule has 0 spiro atoms. The minimum Gasteiger partial charge on any atom is -0.329 e. The van der Waals surface area contributed by atoms with E-state index in [9.17, 15) is 4.79 Å². The van der Waals surface area contributed by atoms with Crippen molar-refractivity contribution in [3.05, 3.63) is 53.3 Å². The summed E-state index contributed by atoms with van der Waals surface area (Å²) >= 11 is 10.1. The third-order valence-electron chi connectivity index (χ3n) is 2.86. The largest absolute Gasteiger partial charge is 0.329 e. The number of thiol groups is 1. The van der Waals surface area contributed by atoms with Gasteiger partial charge in [-0.2, -0.15) is 0 Å². The number of carbonyl (C=O) groups is 1. The van der Waals surface area contributed by atoms with E-state index in [0.29, 0.717) is 21.4 Å². The van der Waals surface area contributed by atoms with Crippen LogP contribution in [0.15, 0.2) is 47.4 Å². The van der Waals surface area contributed by atoms with Crippen LogP contribution in [0.1, 0.15) is 10.4 Å². The van der Waals surface area contributed by atoms with Gasteiger partial charge in [-0.05, 0) is 41.9 Å². The molecule has 4 nitrogen and oxygen atoms in total. The summed E-state index contributed by atoms with van der Waals surface area (Å²) in [5.74, 6) is -0.208. The Morgan fingerprint density at radius 1 is 1.25 bits per heavy atom. The molecule has 0 aliphatic heterocycles. The van der Waals surface area contributed by atoms with Crippen LogP contribution in [0.2, 0.25) is 5.28 Å². The highest BCUT2D eigenvalue weighted by molar-refractivity contribution is 7.80. The minimum atomic E-state index is -0.208. The van der Waals surface area contributed by atoms with Gasteiger partial charge in [-0.15, -0.1) is 12.6 Å². The van der Waals surface area contributed by atoms with Crippen LogP contribution in [0.25, 0.3) is 11.0 Å². The number of aromatic amines is 1. The Bertz CT molecular complexity index is 800. The summed E-state index contributed by atoms with van der Waals surface area (Å²) < 4.78 is 0. The maximum atomic E-state index is 12.2. The second-order valence-corrected chi connectivity index (χ2v) is 5.07. The minimum absolute atomic E-state index is 0.208. The lowest BCUT2D eigenvalue weighted by Crippen LogP contribution is -2.12. The van der Waals surface area contributed by atoms with Crippen molar-refractivity contribution in [2.24, 2.45) is 0 Å². The molecule has 0 bridgehead atoms. The predicted molar refractivity (Wildman–Crippen MR) is 82.8 cm³/mol. The Balaban J connectivity index is 1.89. The number of amides is 1. The molecule has 1 aromatic heterocycles. The number of halogens is 1. The maximum absolute atomic E-state index is 12.2. The molecule has 2 N–H and O–H groups in total. The van der Waals surface area contributed by atoms with E-state index >= 15 is 0 Å². The summed E-state index contributed by atoms with van der Waals surface area (Å²) in [6.45, 7) is 0. The zero-order valence-corrected chi connectivity index (χ0v) is 11.9. The van der Waals surface area contributed by atoms with Crippen molar-refractivity contribution in [2.45, 2.75) is 4.90 Å². The van der Waals surface area contributed by atoms with Crippen LogP contribution in [-0.4, -0.2) is 15.9 Å². The van der Waals surface area contributed by atoms with Gasteiger partial charge >= 0.3 is 0 Å². The third kappa shape index (κ3) is 2.50. The molecule has 0 fully saturated rings. The van der Waals surface area contributed by atoms with Gasteiger partial charge in [0.15, 0.2) is 0 Å². The van der Waals surface area contributed by atoms with Crippen LogP contribution in [0, 0.1) is 0 Å². The van der Waals surface area contributed by atoms with Gasteiger partial charge in [0.1, 0.15) is 0 Å². The average molecular weight is 304 g/mol. The Morgan fingerprint density at radius 2 is 2.05 bits per heavy atom. The number of aromatic nitrogens is 2. The van der Waals surface area contributed by atoms with Crippen LogP contribution in [0.5, 0.6) is 0 Å². The number of anilines is 1. The van der Waals surface area contributed by atoms with E-state index < -0.39 is 0 Å². The van der Waals surface area contributed by atoms with Crippen LogP contribution < -0.4 is 5.32 Å². The smallest absolute Gasteiger partial charge is 0.256 e. The molecule has 20 heavy (non-hydrogen) atoms. The fourth-order valence-electron chi connectivity index (χ4n) is 1.92. The molecule has 6 heteroatoms. The van der Waals surface area contributed by atoms with Crippen molar-refractivity contribution in [2.75, 3.05) is 5.32 Å². The standard InChI is InChI=1S/C14H10ClN3OS/c15-14-17-10-6-5-8(7-11(10)18-14)16-13(19)9-3-1-2-4-12(9)20/h1-7,20H,(H,16,19)(H,17,18). The Morgan fingerprint density at radius 3 is 2.85 bits per heavy atom. The van der Waals surface area contributed by atoms with E-state index in [2.05, 4.69) is 27.9 Å². The van der Waals surface area contributed by atoms with Gasteiger partial charge in [0.25, 0.3) is 5.91 Å². The number of rotatable bonds is 2. The van der Waals surface area contributed by atoms with Crippen LogP contribution in [0.3, 0.4) is 0 Å². The van der Waals surface area contributed by atoms with Gasteiger partial charge in [-0.1, -0.05) is 12.1 Å². The lowest BCUT2D eigenvalue weighted by Gasteiger charge is -2.07. The number of benzene rings is 2. The fraction of sp³-hybridized carbons (Fsp3) is 0. The Labute approximate surface area is 125 Å². The highest BCUT2D eigenvalue weighted by Gasteiger charge is 2.10. The molecule has 0 saturated carbocycles. The topological polar surface area (TPSA) is 57.8 Å². The van der Waals surface area contributed by atoms with Crippen molar-refractivity contribution in [3.63, 3.8) is 0 Å². The van der Waals surface area contributed by atoms with Crippen LogP contribution in [0.4, 0.5) is 5.69 Å². The summed E-state index contributed by atoms with van der Waals surface area (Å²) in [6.07, 6.45) is 0. The van der Waals surface area contributed by atoms with Gasteiger partial charge in [-0.3, -0.25) is 4.79 Å². The zero-order valence-electron chi connectivity index (χ0n) is 10.2. The van der Waals surface area contributed by atoms with E-state index in [1.165, 1.54) is 0 Å². The van der Waals surface area contributed by atoms with Crippen molar-refractivity contribution < 1.29 is 4.79 Å². The summed E-state index contributed by atoms with van der Waals surface area (Å²) in [5.41, 5.74) is 2.72. The number of hydrogen-bond acceptors (Lipinski definition) is 3. The number of H-pyrrole nitrogens is 1. The van der Waals surface area contributed by atoms with Gasteiger partial charge in [0.05, 0.1) is 16.6 Å². The first-order valence-corrected chi connectivity index (χ1v) is 6.70. The first-order valence-electron chi connectivity index (χ1n) is 5.88. The first kappa shape index (κ1) is 13.0. The zero-order chi connectivity index (χ0) is 14.1. The van der Waals surface area contributed by atoms with Crippen molar-refractivity contribution in [1.29, 1.82) is 0 Å². The molecule has 0 unspecified atom stereocenters. The van der Waals surface area contributed by atoms with Crippen LogP contribution >= 0.6 is 24.2 Å². The van der Waals surface area contributed by atoms with Gasteiger partial charge in [0.2, 0.25) is 5.28 Å². The molecule has 3 aromatic rings. The van der Waals surface area contributed by atoms with E-state index in [-0.39, 0.29) is 5.91 Å². The van der Waals surface area contributed by atoms with Crippen molar-refractivity contribution in [3.8, 4) is 0 Å². The molecule has 3 rings (SSSR count). The van der Waals surface area contributed by atoms with Gasteiger partial charge in [-0.25, -0.2) is 4.98 Å². The molecule has 100 valence electrons. The predicted octanol–water partition coefficient (Wildman–Crippen LogP) is 3.76. The molecule has 0 saturated heterocycles. The second-order valence-electron chi connectivity index (χ2n) is 4.23. The highest BCUT2D eigenvalue weighted by atomic mass is 35.5. The van der Waals surface area contributed by atoms with E-state index in [4.69, 9.17) is 11.6 Å². The lowest BCUT2D eigenvalue weighted by atomic mass is 10.2. The summed E-state index contributed by atoms with van der Waals surface area (Å²) in [7, 11) is 0. The maximum Gasteiger partial charge on any atom is 0.256 e. The molecular formula is C14H10ClN3OS. The Hall–Kier alpha value is -1.98. The third-order valence-corrected chi connectivity index (χ3v) is 3.43. The molecule has 0 radical (unpaired) electrons. The van der Waals surface area contributed by atoms with Crippen LogP contribution in [-0.2, 0) is 0 Å². The molecule has 0 atom stereocenters. The monoisotopic (exact) mass is 303 g/mol. The molecule has 1 heterocycles. The number of nitrogens with zero attached hydrogens (tertiary/aromatic N) is 1. The fourth-order valence-corrected chi connectivity index (χ4v) is 2.38. The SMILES string of the molecule is O=C(Nc1ccc2nc(Cl)[nH]c2c1)c1ccccc1S. The lowest BCUT2D eigenvalue weighted by molar-refractivity contribution is 0.102. The van der Waals surface area contributed by atoms with E-state index in [1.807, 2.05) is 6.07 Å². The summed E-state index contributed by atoms with van der Waals surface area (Å²) in [5, 5.41) is 3.15. The number of carbonyl (C=O) groups excluding carboxylic acids is 1. The van der Waals surface area contributed by atoms with Gasteiger partial charge < -0.3 is 10.3 Å². The molecule has 0 aliphatic carbocycles. The number of fused-ring (bicyclic) bond motifs is 1. The molecular weight excluding hydrogens is 294 g/mol. The summed E-state index contributed by atoms with van der Waals surface area (Å²) in [4.78, 5) is 19.8. The molecule has 1 amide bonds. The first-order chi connectivity index (χ1) is 9.63. The summed E-state index contributed by atoms with van der Waals surface area (Å²) in [6, 6.07) is 12.5. The van der Waals surface area contributed by atoms with Gasteiger partial charge in [0, 0.05) is 10.6 Å². The van der Waals surface area contributed by atoms with Crippen molar-refractivity contribution in [1.82, 2.24) is 9.97 Å². The molecule has 2 aromatic carbocycles. The highest BCUT2D eigenvalue weighted by Crippen LogP contribution is 2.20. The Kier molecular flexibility index (Phi) is 3.38. The number of nitrogens with one attached hydrogen (secondary N) is 2. The average Bonchev–Trinajstić information content (AvgIpc) is 2.78. The molecule has 0 aliphatic rings.